The minimum Gasteiger partial charge on any atom is -0.360 e. The monoisotopic (exact) mass is 364 g/mol. The maximum atomic E-state index is 12.0. The molecule has 7 nitrogen and oxygen atoms in total. The van der Waals surface area contributed by atoms with Gasteiger partial charge in [0.25, 0.3) is 0 Å². The highest BCUT2D eigenvalue weighted by molar-refractivity contribution is 8.01. The molecule has 0 unspecified atom stereocenters. The molecule has 0 aromatic carbocycles. The second-order valence-corrected chi connectivity index (χ2v) is 9.92. The largest absolute Gasteiger partial charge is 0.360 e. The first-order valence-corrected chi connectivity index (χ1v) is 10.7. The van der Waals surface area contributed by atoms with Gasteiger partial charge in [0, 0.05) is 6.54 Å². The average Bonchev–Trinajstić information content (AvgIpc) is 2.98. The molecule has 2 rings (SSSR count). The van der Waals surface area contributed by atoms with Crippen molar-refractivity contribution in [3.8, 4) is 0 Å². The highest BCUT2D eigenvalue weighted by atomic mass is 32.2. The summed E-state index contributed by atoms with van der Waals surface area (Å²) in [6.45, 7) is 4.68. The molecule has 0 aliphatic carbocycles. The molecule has 2 N–H and O–H groups in total. The zero-order chi connectivity index (χ0) is 16.2. The molecule has 1 fully saturated rings. The molecule has 1 aromatic rings. The number of nitrogens with one attached hydrogen (secondary N) is 2. The number of aromatic nitrogens is 2. The van der Waals surface area contributed by atoms with Gasteiger partial charge in [0.15, 0.2) is 14.2 Å². The first-order chi connectivity index (χ1) is 10.3. The van der Waals surface area contributed by atoms with Crippen LogP contribution >= 0.6 is 23.1 Å². The fourth-order valence-electron chi connectivity index (χ4n) is 2.18. The third-order valence-corrected chi connectivity index (χ3v) is 7.12. The van der Waals surface area contributed by atoms with Crippen LogP contribution < -0.4 is 10.6 Å². The quantitative estimate of drug-likeness (QED) is 0.700. The van der Waals surface area contributed by atoms with E-state index in [0.717, 1.165) is 22.4 Å². The molecule has 1 atom stereocenters. The highest BCUT2D eigenvalue weighted by Gasteiger charge is 2.39. The molecule has 0 radical (unpaired) electrons. The van der Waals surface area contributed by atoms with Crippen molar-refractivity contribution in [2.45, 2.75) is 36.6 Å². The van der Waals surface area contributed by atoms with Crippen molar-refractivity contribution in [3.63, 3.8) is 0 Å². The molecule has 1 aromatic heterocycles. The molecule has 0 bridgehead atoms. The van der Waals surface area contributed by atoms with E-state index in [2.05, 4.69) is 27.8 Å². The van der Waals surface area contributed by atoms with Gasteiger partial charge in [0.2, 0.25) is 11.0 Å². The van der Waals surface area contributed by atoms with E-state index in [9.17, 15) is 13.2 Å². The van der Waals surface area contributed by atoms with Gasteiger partial charge in [-0.25, -0.2) is 8.42 Å². The first-order valence-electron chi connectivity index (χ1n) is 7.03. The molecule has 1 saturated heterocycles. The van der Waals surface area contributed by atoms with Crippen LogP contribution in [0.3, 0.4) is 0 Å². The van der Waals surface area contributed by atoms with Gasteiger partial charge in [-0.15, -0.1) is 10.2 Å². The number of amides is 1. The zero-order valence-corrected chi connectivity index (χ0v) is 15.0. The van der Waals surface area contributed by atoms with Crippen molar-refractivity contribution in [3.05, 3.63) is 0 Å². The number of nitrogens with zero attached hydrogens (tertiary/aromatic N) is 2. The standard InChI is InChI=1S/C12H20N4O3S3/c1-3-5-13-10-15-16-11(21-10)20-7-9(17)14-12(2)4-6-22(18,19)8-12/h3-8H2,1-2H3,(H,13,15)(H,14,17)/t12-/m0/s1. The number of hydrogen-bond donors (Lipinski definition) is 2. The van der Waals surface area contributed by atoms with E-state index in [0.29, 0.717) is 6.42 Å². The van der Waals surface area contributed by atoms with Gasteiger partial charge in [-0.1, -0.05) is 30.0 Å². The maximum absolute atomic E-state index is 12.0. The number of rotatable bonds is 7. The third-order valence-electron chi connectivity index (χ3n) is 3.20. The molecule has 2 heterocycles. The Balaban J connectivity index is 1.79. The predicted molar refractivity (Wildman–Crippen MR) is 89.2 cm³/mol. The summed E-state index contributed by atoms with van der Waals surface area (Å²) in [6.07, 6.45) is 1.47. The summed E-state index contributed by atoms with van der Waals surface area (Å²) < 4.78 is 23.8. The second-order valence-electron chi connectivity index (χ2n) is 5.54. The SMILES string of the molecule is CCCNc1nnc(SCC(=O)N[C@@]2(C)CCS(=O)(=O)C2)s1. The molecule has 0 spiro atoms. The molecule has 1 aliphatic heterocycles. The van der Waals surface area contributed by atoms with Crippen molar-refractivity contribution in [2.24, 2.45) is 0 Å². The van der Waals surface area contributed by atoms with E-state index < -0.39 is 15.4 Å². The van der Waals surface area contributed by atoms with Crippen LogP contribution in [0, 0.1) is 0 Å². The van der Waals surface area contributed by atoms with Gasteiger partial charge < -0.3 is 10.6 Å². The van der Waals surface area contributed by atoms with Crippen molar-refractivity contribution >= 4 is 44.0 Å². The van der Waals surface area contributed by atoms with Gasteiger partial charge >= 0.3 is 0 Å². The van der Waals surface area contributed by atoms with Crippen molar-refractivity contribution in [1.82, 2.24) is 15.5 Å². The topological polar surface area (TPSA) is 101 Å². The third kappa shape index (κ3) is 5.10. The summed E-state index contributed by atoms with van der Waals surface area (Å²) in [5, 5.41) is 14.7. The summed E-state index contributed by atoms with van der Waals surface area (Å²) in [5.74, 6) is 0.181. The fourth-order valence-corrected chi connectivity index (χ4v) is 5.85. The molecule has 0 saturated carbocycles. The van der Waals surface area contributed by atoms with E-state index in [1.165, 1.54) is 23.1 Å². The van der Waals surface area contributed by atoms with E-state index in [1.807, 2.05) is 0 Å². The second kappa shape index (κ2) is 7.14. The van der Waals surface area contributed by atoms with Gasteiger partial charge in [-0.2, -0.15) is 0 Å². The molecule has 10 heteroatoms. The van der Waals surface area contributed by atoms with Crippen LogP contribution in [-0.4, -0.2) is 53.9 Å². The number of carbonyl (C=O) groups is 1. The first kappa shape index (κ1) is 17.5. The molecular weight excluding hydrogens is 344 g/mol. The lowest BCUT2D eigenvalue weighted by atomic mass is 10.0. The number of sulfone groups is 1. The summed E-state index contributed by atoms with van der Waals surface area (Å²) in [7, 11) is -3.02. The van der Waals surface area contributed by atoms with Crippen molar-refractivity contribution < 1.29 is 13.2 Å². The normalized spacial score (nSPS) is 23.4. The maximum Gasteiger partial charge on any atom is 0.230 e. The van der Waals surface area contributed by atoms with Crippen LogP contribution in [0.15, 0.2) is 4.34 Å². The van der Waals surface area contributed by atoms with Crippen molar-refractivity contribution in [2.75, 3.05) is 29.1 Å². The number of anilines is 1. The molecule has 22 heavy (non-hydrogen) atoms. The Hall–Kier alpha value is -0.870. The fraction of sp³-hybridized carbons (Fsp3) is 0.750. The van der Waals surface area contributed by atoms with Gasteiger partial charge in [0.05, 0.1) is 22.8 Å². The van der Waals surface area contributed by atoms with Crippen LogP contribution in [0.4, 0.5) is 5.13 Å². The summed E-state index contributed by atoms with van der Waals surface area (Å²) in [4.78, 5) is 12.0. The summed E-state index contributed by atoms with van der Waals surface area (Å²) in [5.41, 5.74) is -0.647. The molecule has 1 amide bonds. The van der Waals surface area contributed by atoms with Gasteiger partial charge in [-0.05, 0) is 19.8 Å². The molecule has 124 valence electrons. The lowest BCUT2D eigenvalue weighted by Gasteiger charge is -2.23. The Morgan fingerprint density at radius 1 is 1.45 bits per heavy atom. The van der Waals surface area contributed by atoms with E-state index in [1.54, 1.807) is 6.92 Å². The smallest absolute Gasteiger partial charge is 0.230 e. The Labute approximate surface area is 138 Å². The minimum absolute atomic E-state index is 0.0142. The lowest BCUT2D eigenvalue weighted by Crippen LogP contribution is -2.47. The van der Waals surface area contributed by atoms with Crippen LogP contribution in [0.5, 0.6) is 0 Å². The minimum atomic E-state index is -3.02. The number of thioether (sulfide) groups is 1. The van der Waals surface area contributed by atoms with Crippen LogP contribution in [-0.2, 0) is 14.6 Å². The van der Waals surface area contributed by atoms with Crippen molar-refractivity contribution in [1.29, 1.82) is 0 Å². The van der Waals surface area contributed by atoms with Crippen LogP contribution in [0.2, 0.25) is 0 Å². The highest BCUT2D eigenvalue weighted by Crippen LogP contribution is 2.26. The van der Waals surface area contributed by atoms with E-state index in [4.69, 9.17) is 0 Å². The van der Waals surface area contributed by atoms with Crippen LogP contribution in [0.25, 0.3) is 0 Å². The molecule has 1 aliphatic rings. The predicted octanol–water partition coefficient (Wildman–Crippen LogP) is 1.15. The Bertz CT molecular complexity index is 631. The Morgan fingerprint density at radius 3 is 2.86 bits per heavy atom. The average molecular weight is 365 g/mol. The number of hydrogen-bond acceptors (Lipinski definition) is 8. The van der Waals surface area contributed by atoms with E-state index >= 15 is 0 Å². The van der Waals surface area contributed by atoms with Crippen LogP contribution in [0.1, 0.15) is 26.7 Å². The van der Waals surface area contributed by atoms with E-state index in [-0.39, 0.29) is 23.2 Å². The molecular formula is C12H20N4O3S3. The lowest BCUT2D eigenvalue weighted by molar-refractivity contribution is -0.120. The van der Waals surface area contributed by atoms with Gasteiger partial charge in [0.1, 0.15) is 0 Å². The summed E-state index contributed by atoms with van der Waals surface area (Å²) in [6, 6.07) is 0. The van der Waals surface area contributed by atoms with Gasteiger partial charge in [-0.3, -0.25) is 4.79 Å². The summed E-state index contributed by atoms with van der Waals surface area (Å²) >= 11 is 2.72. The number of carbonyl (C=O) groups excluding carboxylic acids is 1. The Kier molecular flexibility index (Phi) is 5.67. The zero-order valence-electron chi connectivity index (χ0n) is 12.6. The Morgan fingerprint density at radius 2 is 2.23 bits per heavy atom.